The van der Waals surface area contributed by atoms with Crippen LogP contribution in [0, 0.1) is 0 Å². The van der Waals surface area contributed by atoms with Crippen LogP contribution in [0.4, 0.5) is 13.6 Å². The first kappa shape index (κ1) is 16.9. The Balaban J connectivity index is 2.45. The Kier molecular flexibility index (Phi) is 6.14. The molecule has 0 spiro atoms. The van der Waals surface area contributed by atoms with E-state index in [4.69, 9.17) is 4.74 Å². The molecule has 0 aromatic heterocycles. The van der Waals surface area contributed by atoms with Gasteiger partial charge in [-0.25, -0.2) is 4.79 Å². The molecular formula is C15H19F2NO3. The van der Waals surface area contributed by atoms with Crippen LogP contribution in [0.1, 0.15) is 26.3 Å². The molecule has 0 saturated carbocycles. The Hall–Kier alpha value is -2.11. The van der Waals surface area contributed by atoms with Gasteiger partial charge >= 0.3 is 12.7 Å². The highest BCUT2D eigenvalue weighted by atomic mass is 19.3. The predicted octanol–water partition coefficient (Wildman–Crippen LogP) is 3.83. The van der Waals surface area contributed by atoms with Gasteiger partial charge in [-0.15, -0.1) is 0 Å². The summed E-state index contributed by atoms with van der Waals surface area (Å²) >= 11 is 0. The van der Waals surface area contributed by atoms with Gasteiger partial charge in [-0.05, 0) is 38.5 Å². The number of hydrogen-bond donors (Lipinski definition) is 1. The van der Waals surface area contributed by atoms with E-state index in [2.05, 4.69) is 10.1 Å². The first-order valence-electron chi connectivity index (χ1n) is 6.44. The van der Waals surface area contributed by atoms with Gasteiger partial charge in [0.25, 0.3) is 0 Å². The molecule has 0 aliphatic heterocycles. The van der Waals surface area contributed by atoms with Crippen LogP contribution < -0.4 is 10.1 Å². The van der Waals surface area contributed by atoms with Crippen molar-refractivity contribution in [3.8, 4) is 5.75 Å². The molecule has 1 aromatic carbocycles. The first-order chi connectivity index (χ1) is 9.76. The second-order valence-corrected chi connectivity index (χ2v) is 5.24. The SMILES string of the molecule is CC(C)(C)OC(=O)NCC=Cc1cccc(OC(F)F)c1. The number of benzene rings is 1. The van der Waals surface area contributed by atoms with Gasteiger partial charge in [-0.2, -0.15) is 8.78 Å². The molecule has 1 N–H and O–H groups in total. The number of carbonyl (C=O) groups excluding carboxylic acids is 1. The molecule has 6 heteroatoms. The van der Waals surface area contributed by atoms with E-state index in [1.165, 1.54) is 12.1 Å². The van der Waals surface area contributed by atoms with Crippen LogP contribution in [0.2, 0.25) is 0 Å². The summed E-state index contributed by atoms with van der Waals surface area (Å²) in [5.74, 6) is 0.0900. The maximum Gasteiger partial charge on any atom is 0.407 e. The topological polar surface area (TPSA) is 47.6 Å². The first-order valence-corrected chi connectivity index (χ1v) is 6.44. The van der Waals surface area contributed by atoms with Gasteiger partial charge in [-0.3, -0.25) is 0 Å². The minimum atomic E-state index is -2.85. The zero-order valence-electron chi connectivity index (χ0n) is 12.2. The molecule has 0 saturated heterocycles. The van der Waals surface area contributed by atoms with Crippen molar-refractivity contribution in [1.82, 2.24) is 5.32 Å². The number of nitrogens with one attached hydrogen (secondary N) is 1. The minimum absolute atomic E-state index is 0.0900. The Bertz CT molecular complexity index is 496. The van der Waals surface area contributed by atoms with Crippen molar-refractivity contribution < 1.29 is 23.0 Å². The molecule has 0 unspecified atom stereocenters. The fourth-order valence-electron chi connectivity index (χ4n) is 1.45. The maximum atomic E-state index is 12.1. The molecule has 0 radical (unpaired) electrons. The van der Waals surface area contributed by atoms with Crippen LogP contribution in [-0.2, 0) is 4.74 Å². The molecule has 0 fully saturated rings. The third kappa shape index (κ3) is 7.91. The largest absolute Gasteiger partial charge is 0.444 e. The van der Waals surface area contributed by atoms with Crippen molar-refractivity contribution in [1.29, 1.82) is 0 Å². The van der Waals surface area contributed by atoms with Crippen LogP contribution in [0.15, 0.2) is 30.3 Å². The second-order valence-electron chi connectivity index (χ2n) is 5.24. The fraction of sp³-hybridized carbons (Fsp3) is 0.400. The van der Waals surface area contributed by atoms with E-state index < -0.39 is 18.3 Å². The summed E-state index contributed by atoms with van der Waals surface area (Å²) in [6.07, 6.45) is 2.86. The molecule has 0 bridgehead atoms. The molecule has 4 nitrogen and oxygen atoms in total. The lowest BCUT2D eigenvalue weighted by Crippen LogP contribution is -2.32. The van der Waals surface area contributed by atoms with Crippen molar-refractivity contribution >= 4 is 12.2 Å². The third-order valence-corrected chi connectivity index (χ3v) is 2.16. The third-order valence-electron chi connectivity index (χ3n) is 2.16. The summed E-state index contributed by atoms with van der Waals surface area (Å²) in [5.41, 5.74) is 0.147. The van der Waals surface area contributed by atoms with E-state index in [0.717, 1.165) is 0 Å². The Labute approximate surface area is 122 Å². The fourth-order valence-corrected chi connectivity index (χ4v) is 1.45. The maximum absolute atomic E-state index is 12.1. The summed E-state index contributed by atoms with van der Waals surface area (Å²) < 4.78 is 33.5. The number of carbonyl (C=O) groups is 1. The van der Waals surface area contributed by atoms with E-state index in [1.54, 1.807) is 45.1 Å². The van der Waals surface area contributed by atoms with E-state index in [9.17, 15) is 13.6 Å². The standard InChI is InChI=1S/C15H19F2NO3/c1-15(2,3)21-14(19)18-9-5-7-11-6-4-8-12(10-11)20-13(16)17/h4-8,10,13H,9H2,1-3H3,(H,18,19). The predicted molar refractivity (Wildman–Crippen MR) is 76.3 cm³/mol. The van der Waals surface area contributed by atoms with E-state index in [0.29, 0.717) is 5.56 Å². The van der Waals surface area contributed by atoms with E-state index >= 15 is 0 Å². The molecule has 0 aliphatic rings. The summed E-state index contributed by atoms with van der Waals surface area (Å²) in [6, 6.07) is 6.28. The van der Waals surface area contributed by atoms with Gasteiger partial charge in [0, 0.05) is 6.54 Å². The molecular weight excluding hydrogens is 280 g/mol. The van der Waals surface area contributed by atoms with Crippen molar-refractivity contribution in [2.24, 2.45) is 0 Å². The normalized spacial score (nSPS) is 11.7. The average Bonchev–Trinajstić information content (AvgIpc) is 2.32. The minimum Gasteiger partial charge on any atom is -0.444 e. The second kappa shape index (κ2) is 7.61. The smallest absolute Gasteiger partial charge is 0.407 e. The summed E-state index contributed by atoms with van der Waals surface area (Å²) in [6.45, 7) is 2.75. The van der Waals surface area contributed by atoms with Crippen LogP contribution in [0.5, 0.6) is 5.75 Å². The Morgan fingerprint density at radius 1 is 1.38 bits per heavy atom. The monoisotopic (exact) mass is 299 g/mol. The Morgan fingerprint density at radius 3 is 2.71 bits per heavy atom. The van der Waals surface area contributed by atoms with E-state index in [1.807, 2.05) is 0 Å². The van der Waals surface area contributed by atoms with Crippen molar-refractivity contribution in [3.05, 3.63) is 35.9 Å². The van der Waals surface area contributed by atoms with Crippen LogP contribution in [-0.4, -0.2) is 24.9 Å². The highest BCUT2D eigenvalue weighted by Gasteiger charge is 2.14. The molecule has 116 valence electrons. The number of halogens is 2. The summed E-state index contributed by atoms with van der Waals surface area (Å²) in [4.78, 5) is 11.4. The lowest BCUT2D eigenvalue weighted by Gasteiger charge is -2.19. The van der Waals surface area contributed by atoms with Gasteiger partial charge in [0.15, 0.2) is 0 Å². The van der Waals surface area contributed by atoms with Crippen LogP contribution in [0.25, 0.3) is 6.08 Å². The zero-order chi connectivity index (χ0) is 15.9. The number of alkyl halides is 2. The number of rotatable bonds is 5. The highest BCUT2D eigenvalue weighted by molar-refractivity contribution is 5.68. The molecule has 21 heavy (non-hydrogen) atoms. The van der Waals surface area contributed by atoms with Crippen LogP contribution >= 0.6 is 0 Å². The van der Waals surface area contributed by atoms with Crippen LogP contribution in [0.3, 0.4) is 0 Å². The molecule has 0 atom stereocenters. The van der Waals surface area contributed by atoms with Crippen molar-refractivity contribution in [2.75, 3.05) is 6.54 Å². The number of alkyl carbamates (subject to hydrolysis) is 1. The Morgan fingerprint density at radius 2 is 2.10 bits per heavy atom. The van der Waals surface area contributed by atoms with Gasteiger partial charge in [0.1, 0.15) is 11.4 Å². The van der Waals surface area contributed by atoms with E-state index in [-0.39, 0.29) is 12.3 Å². The molecule has 1 amide bonds. The number of amides is 1. The highest BCUT2D eigenvalue weighted by Crippen LogP contribution is 2.16. The molecule has 0 heterocycles. The summed E-state index contributed by atoms with van der Waals surface area (Å²) in [7, 11) is 0. The number of hydrogen-bond acceptors (Lipinski definition) is 3. The molecule has 0 aliphatic carbocycles. The van der Waals surface area contributed by atoms with Crippen molar-refractivity contribution in [3.63, 3.8) is 0 Å². The van der Waals surface area contributed by atoms with Gasteiger partial charge in [-0.1, -0.05) is 24.3 Å². The quantitative estimate of drug-likeness (QED) is 0.899. The zero-order valence-corrected chi connectivity index (χ0v) is 12.2. The molecule has 1 rings (SSSR count). The summed E-state index contributed by atoms with van der Waals surface area (Å²) in [5, 5.41) is 2.56. The lowest BCUT2D eigenvalue weighted by molar-refractivity contribution is -0.0498. The molecule has 1 aromatic rings. The average molecular weight is 299 g/mol. The van der Waals surface area contributed by atoms with Gasteiger partial charge in [0.2, 0.25) is 0 Å². The van der Waals surface area contributed by atoms with Gasteiger partial charge in [0.05, 0.1) is 0 Å². The van der Waals surface area contributed by atoms with Crippen molar-refractivity contribution in [2.45, 2.75) is 33.0 Å². The number of ether oxygens (including phenoxy) is 2. The van der Waals surface area contributed by atoms with Gasteiger partial charge < -0.3 is 14.8 Å². The lowest BCUT2D eigenvalue weighted by atomic mass is 10.2.